The van der Waals surface area contributed by atoms with Crippen molar-refractivity contribution in [3.8, 4) is 0 Å². The van der Waals surface area contributed by atoms with Crippen molar-refractivity contribution in [2.75, 3.05) is 39.3 Å². The Morgan fingerprint density at radius 2 is 1.85 bits per heavy atom. The first-order valence-corrected chi connectivity index (χ1v) is 9.76. The van der Waals surface area contributed by atoms with Crippen molar-refractivity contribution in [3.63, 3.8) is 0 Å². The second kappa shape index (κ2) is 7.96. The van der Waals surface area contributed by atoms with E-state index in [1.54, 1.807) is 18.9 Å². The molecule has 0 saturated carbocycles. The Kier molecular flexibility index (Phi) is 5.87. The highest BCUT2D eigenvalue weighted by atomic mass is 35.5. The van der Waals surface area contributed by atoms with Crippen LogP contribution in [0.5, 0.6) is 0 Å². The fraction of sp³-hybridized carbons (Fsp3) is 0.722. The van der Waals surface area contributed by atoms with Gasteiger partial charge in [-0.3, -0.25) is 19.2 Å². The highest BCUT2D eigenvalue weighted by molar-refractivity contribution is 6.33. The van der Waals surface area contributed by atoms with E-state index in [4.69, 9.17) is 11.6 Å². The van der Waals surface area contributed by atoms with E-state index in [1.165, 1.54) is 11.1 Å². The molecule has 1 atom stereocenters. The number of carbonyl (C=O) groups excluding carboxylic acids is 2. The number of rotatable bonds is 3. The lowest BCUT2D eigenvalue weighted by atomic mass is 10.0. The summed E-state index contributed by atoms with van der Waals surface area (Å²) in [6.07, 6.45) is 3.41. The molecule has 3 heterocycles. The summed E-state index contributed by atoms with van der Waals surface area (Å²) in [5.41, 5.74) is 1.14. The summed E-state index contributed by atoms with van der Waals surface area (Å²) in [5, 5.41) is 4.60. The van der Waals surface area contributed by atoms with Gasteiger partial charge < -0.3 is 9.80 Å². The number of piperidine rings is 1. The van der Waals surface area contributed by atoms with Crippen LogP contribution in [-0.4, -0.2) is 81.6 Å². The first-order valence-electron chi connectivity index (χ1n) is 9.38. The van der Waals surface area contributed by atoms with Gasteiger partial charge in [0.15, 0.2) is 0 Å². The molecule has 1 aromatic heterocycles. The highest BCUT2D eigenvalue weighted by Gasteiger charge is 2.29. The lowest BCUT2D eigenvalue weighted by Crippen LogP contribution is -2.53. The normalized spacial score (nSPS) is 21.9. The number of hydrogen-bond donors (Lipinski definition) is 0. The summed E-state index contributed by atoms with van der Waals surface area (Å²) in [6.45, 7) is 7.86. The van der Waals surface area contributed by atoms with Crippen LogP contribution in [0.3, 0.4) is 0 Å². The average Bonchev–Trinajstić information content (AvgIpc) is 2.87. The van der Waals surface area contributed by atoms with Gasteiger partial charge in [-0.2, -0.15) is 5.10 Å². The summed E-state index contributed by atoms with van der Waals surface area (Å²) < 4.78 is 1.53. The molecule has 26 heavy (non-hydrogen) atoms. The molecule has 0 radical (unpaired) electrons. The molecular formula is C18H28ClN5O2. The maximum Gasteiger partial charge on any atom is 0.258 e. The van der Waals surface area contributed by atoms with Gasteiger partial charge in [0, 0.05) is 45.8 Å². The second-order valence-corrected chi connectivity index (χ2v) is 7.73. The number of hydrogen-bond acceptors (Lipinski definition) is 4. The average molecular weight is 382 g/mol. The van der Waals surface area contributed by atoms with Crippen molar-refractivity contribution < 1.29 is 9.59 Å². The molecule has 0 bridgehead atoms. The molecular weight excluding hydrogens is 354 g/mol. The van der Waals surface area contributed by atoms with E-state index in [0.717, 1.165) is 19.4 Å². The maximum atomic E-state index is 12.8. The Bertz CT molecular complexity index is 681. The molecule has 2 fully saturated rings. The smallest absolute Gasteiger partial charge is 0.258 e. The Hall–Kier alpha value is -1.60. The fourth-order valence-corrected chi connectivity index (χ4v) is 4.15. The summed E-state index contributed by atoms with van der Waals surface area (Å²) >= 11 is 6.22. The van der Waals surface area contributed by atoms with Gasteiger partial charge in [0.05, 0.1) is 17.8 Å². The third kappa shape index (κ3) is 3.88. The van der Waals surface area contributed by atoms with Gasteiger partial charge in [0.1, 0.15) is 5.15 Å². The number of amides is 2. The molecule has 3 rings (SSSR count). The highest BCUT2D eigenvalue weighted by Crippen LogP contribution is 2.21. The zero-order valence-electron chi connectivity index (χ0n) is 15.9. The van der Waals surface area contributed by atoms with Crippen molar-refractivity contribution in [1.82, 2.24) is 24.5 Å². The quantitative estimate of drug-likeness (QED) is 0.796. The Balaban J connectivity index is 1.54. The topological polar surface area (TPSA) is 61.7 Å². The molecule has 0 N–H and O–H groups in total. The van der Waals surface area contributed by atoms with Crippen LogP contribution in [0.2, 0.25) is 5.15 Å². The maximum absolute atomic E-state index is 12.8. The third-order valence-electron chi connectivity index (χ3n) is 5.51. The first-order chi connectivity index (χ1) is 12.4. The Labute approximate surface area is 159 Å². The summed E-state index contributed by atoms with van der Waals surface area (Å²) in [7, 11) is 1.73. The van der Waals surface area contributed by atoms with Crippen LogP contribution >= 0.6 is 11.6 Å². The minimum atomic E-state index is -0.0729. The van der Waals surface area contributed by atoms with Crippen molar-refractivity contribution in [1.29, 1.82) is 0 Å². The van der Waals surface area contributed by atoms with Crippen molar-refractivity contribution in [2.24, 2.45) is 7.05 Å². The van der Waals surface area contributed by atoms with E-state index in [2.05, 4.69) is 16.9 Å². The molecule has 7 nitrogen and oxygen atoms in total. The van der Waals surface area contributed by atoms with Gasteiger partial charge in [-0.25, -0.2) is 0 Å². The number of aromatic nitrogens is 2. The number of halogens is 1. The van der Waals surface area contributed by atoms with Crippen LogP contribution in [0.4, 0.5) is 0 Å². The zero-order chi connectivity index (χ0) is 18.8. The summed E-state index contributed by atoms with van der Waals surface area (Å²) in [5.74, 6) is 0.138. The number of carbonyl (C=O) groups is 2. The molecule has 2 aliphatic rings. The SMILES string of the molecule is Cc1nn(C)c(Cl)c1C(=O)N1CCN(CC(=O)N2CCCC[C@H]2C)CC1. The lowest BCUT2D eigenvalue weighted by Gasteiger charge is -2.38. The van der Waals surface area contributed by atoms with Gasteiger partial charge in [-0.15, -0.1) is 0 Å². The minimum absolute atomic E-state index is 0.0729. The second-order valence-electron chi connectivity index (χ2n) is 7.38. The van der Waals surface area contributed by atoms with Crippen LogP contribution in [0.1, 0.15) is 42.2 Å². The largest absolute Gasteiger partial charge is 0.339 e. The molecule has 0 spiro atoms. The lowest BCUT2D eigenvalue weighted by molar-refractivity contribution is -0.136. The van der Waals surface area contributed by atoms with Crippen LogP contribution in [-0.2, 0) is 11.8 Å². The van der Waals surface area contributed by atoms with Crippen molar-refractivity contribution in [2.45, 2.75) is 39.2 Å². The number of piperazine rings is 1. The molecule has 2 saturated heterocycles. The Morgan fingerprint density at radius 1 is 1.15 bits per heavy atom. The van der Waals surface area contributed by atoms with E-state index in [-0.39, 0.29) is 11.8 Å². The van der Waals surface area contributed by atoms with Gasteiger partial charge in [-0.05, 0) is 33.1 Å². The Morgan fingerprint density at radius 3 is 2.42 bits per heavy atom. The predicted octanol–water partition coefficient (Wildman–Crippen LogP) is 1.54. The summed E-state index contributed by atoms with van der Waals surface area (Å²) in [6, 6.07) is 0.342. The van der Waals surface area contributed by atoms with Crippen LogP contribution < -0.4 is 0 Å². The molecule has 0 unspecified atom stereocenters. The van der Waals surface area contributed by atoms with Gasteiger partial charge in [0.2, 0.25) is 5.91 Å². The van der Waals surface area contributed by atoms with Crippen molar-refractivity contribution in [3.05, 3.63) is 16.4 Å². The predicted molar refractivity (Wildman–Crippen MR) is 100 cm³/mol. The standard InChI is InChI=1S/C18H28ClN5O2/c1-13-6-4-5-7-24(13)15(25)12-22-8-10-23(11-9-22)18(26)16-14(2)20-21(3)17(16)19/h13H,4-12H2,1-3H3/t13-/m1/s1. The van der Waals surface area contributed by atoms with E-state index in [9.17, 15) is 9.59 Å². The summed E-state index contributed by atoms with van der Waals surface area (Å²) in [4.78, 5) is 31.3. The number of aryl methyl sites for hydroxylation is 2. The van der Waals surface area contributed by atoms with E-state index in [1.807, 2.05) is 4.90 Å². The fourth-order valence-electron chi connectivity index (χ4n) is 3.89. The van der Waals surface area contributed by atoms with E-state index < -0.39 is 0 Å². The van der Waals surface area contributed by atoms with Crippen LogP contribution in [0.25, 0.3) is 0 Å². The van der Waals surface area contributed by atoms with E-state index in [0.29, 0.717) is 55.2 Å². The van der Waals surface area contributed by atoms with Gasteiger partial charge in [-0.1, -0.05) is 11.6 Å². The van der Waals surface area contributed by atoms with Gasteiger partial charge in [0.25, 0.3) is 5.91 Å². The van der Waals surface area contributed by atoms with Gasteiger partial charge >= 0.3 is 0 Å². The molecule has 144 valence electrons. The molecule has 2 amide bonds. The first kappa shape index (κ1) is 19.2. The molecule has 1 aromatic rings. The minimum Gasteiger partial charge on any atom is -0.339 e. The molecule has 8 heteroatoms. The van der Waals surface area contributed by atoms with E-state index >= 15 is 0 Å². The van der Waals surface area contributed by atoms with Crippen molar-refractivity contribution >= 4 is 23.4 Å². The number of likely N-dealkylation sites (tertiary alicyclic amines) is 1. The zero-order valence-corrected chi connectivity index (χ0v) is 16.6. The van der Waals surface area contributed by atoms with Crippen LogP contribution in [0.15, 0.2) is 0 Å². The monoisotopic (exact) mass is 381 g/mol. The molecule has 0 aromatic carbocycles. The number of nitrogens with zero attached hydrogens (tertiary/aromatic N) is 5. The van der Waals surface area contributed by atoms with Crippen LogP contribution in [0, 0.1) is 6.92 Å². The molecule has 0 aliphatic carbocycles. The molecule has 2 aliphatic heterocycles. The third-order valence-corrected chi connectivity index (χ3v) is 5.94.